The van der Waals surface area contributed by atoms with Crippen LogP contribution in [0.25, 0.3) is 0 Å². The number of rotatable bonds is 3. The molecule has 5 nitrogen and oxygen atoms in total. The third-order valence-corrected chi connectivity index (χ3v) is 2.03. The predicted octanol–water partition coefficient (Wildman–Crippen LogP) is 0.188. The van der Waals surface area contributed by atoms with Crippen LogP contribution >= 0.6 is 0 Å². The van der Waals surface area contributed by atoms with Gasteiger partial charge in [-0.05, 0) is 20.8 Å². The minimum atomic E-state index is -0.447. The highest BCUT2D eigenvalue weighted by atomic mass is 16.6. The highest BCUT2D eigenvalue weighted by molar-refractivity contribution is 5.67. The highest BCUT2D eigenvalue weighted by Gasteiger charge is 2.23. The Bertz CT molecular complexity index is 219. The second-order valence-electron chi connectivity index (χ2n) is 4.84. The van der Waals surface area contributed by atoms with Gasteiger partial charge in [0.25, 0.3) is 0 Å². The highest BCUT2D eigenvalue weighted by Crippen LogP contribution is 2.07. The number of nitrogens with one attached hydrogen (secondary N) is 1. The number of hydrogen-bond donors (Lipinski definition) is 2. The summed E-state index contributed by atoms with van der Waals surface area (Å²) in [5.41, 5.74) is -0.447. The van der Waals surface area contributed by atoms with Crippen molar-refractivity contribution in [1.29, 1.82) is 0 Å². The maximum Gasteiger partial charge on any atom is 0.407 e. The Balaban J connectivity index is 2.02. The minimum Gasteiger partial charge on any atom is -0.444 e. The molecule has 1 heterocycles. The maximum atomic E-state index is 11.2. The second kappa shape index (κ2) is 4.81. The van der Waals surface area contributed by atoms with Gasteiger partial charge in [0.2, 0.25) is 0 Å². The normalized spacial score (nSPS) is 18.4. The first-order valence-corrected chi connectivity index (χ1v) is 5.24. The van der Waals surface area contributed by atoms with Gasteiger partial charge in [0.05, 0.1) is 6.10 Å². The number of β-amino-alcohol motifs (C(OH)–C–C–N with tert-alkyl or cyclic N) is 1. The van der Waals surface area contributed by atoms with Crippen molar-refractivity contribution in [3.8, 4) is 0 Å². The van der Waals surface area contributed by atoms with E-state index in [1.165, 1.54) is 0 Å². The van der Waals surface area contributed by atoms with Gasteiger partial charge in [-0.2, -0.15) is 0 Å². The molecule has 0 aromatic heterocycles. The second-order valence-corrected chi connectivity index (χ2v) is 4.84. The zero-order valence-corrected chi connectivity index (χ0v) is 9.62. The summed E-state index contributed by atoms with van der Waals surface area (Å²) in [5.74, 6) is 0. The number of hydrogen-bond acceptors (Lipinski definition) is 4. The third-order valence-electron chi connectivity index (χ3n) is 2.03. The van der Waals surface area contributed by atoms with Gasteiger partial charge in [-0.1, -0.05) is 0 Å². The van der Waals surface area contributed by atoms with Crippen molar-refractivity contribution in [2.75, 3.05) is 26.2 Å². The Morgan fingerprint density at radius 1 is 1.53 bits per heavy atom. The van der Waals surface area contributed by atoms with E-state index in [9.17, 15) is 4.79 Å². The van der Waals surface area contributed by atoms with E-state index in [2.05, 4.69) is 10.2 Å². The molecule has 1 saturated heterocycles. The third kappa shape index (κ3) is 4.99. The molecular formula is C10H20N2O3. The van der Waals surface area contributed by atoms with Crippen LogP contribution < -0.4 is 5.32 Å². The van der Waals surface area contributed by atoms with Crippen LogP contribution in [0, 0.1) is 0 Å². The first kappa shape index (κ1) is 12.3. The fourth-order valence-electron chi connectivity index (χ4n) is 1.36. The fourth-order valence-corrected chi connectivity index (χ4v) is 1.36. The Morgan fingerprint density at radius 3 is 2.60 bits per heavy atom. The van der Waals surface area contributed by atoms with Crippen molar-refractivity contribution >= 4 is 6.09 Å². The van der Waals surface area contributed by atoms with E-state index in [0.717, 1.165) is 6.54 Å². The van der Waals surface area contributed by atoms with E-state index in [-0.39, 0.29) is 12.2 Å². The molecule has 0 aliphatic carbocycles. The molecule has 0 bridgehead atoms. The number of ether oxygens (including phenoxy) is 1. The molecule has 88 valence electrons. The number of carbonyl (C=O) groups excluding carboxylic acids is 1. The molecular weight excluding hydrogens is 196 g/mol. The van der Waals surface area contributed by atoms with Crippen LogP contribution in [0.5, 0.6) is 0 Å². The van der Waals surface area contributed by atoms with Crippen LogP contribution in [0.15, 0.2) is 0 Å². The largest absolute Gasteiger partial charge is 0.444 e. The number of nitrogens with zero attached hydrogens (tertiary/aromatic N) is 1. The lowest BCUT2D eigenvalue weighted by Crippen LogP contribution is -2.52. The average Bonchev–Trinajstić information content (AvgIpc) is 1.97. The molecule has 5 heteroatoms. The summed E-state index contributed by atoms with van der Waals surface area (Å²) in [6, 6.07) is 0. The van der Waals surface area contributed by atoms with E-state index in [1.807, 2.05) is 20.8 Å². The van der Waals surface area contributed by atoms with Gasteiger partial charge in [0.1, 0.15) is 5.60 Å². The zero-order valence-electron chi connectivity index (χ0n) is 9.62. The van der Waals surface area contributed by atoms with Crippen molar-refractivity contribution in [2.45, 2.75) is 32.5 Å². The minimum absolute atomic E-state index is 0.188. The van der Waals surface area contributed by atoms with Gasteiger partial charge in [0, 0.05) is 26.2 Å². The van der Waals surface area contributed by atoms with Gasteiger partial charge in [-0.3, -0.25) is 4.90 Å². The summed E-state index contributed by atoms with van der Waals surface area (Å²) in [6.07, 6.45) is -0.574. The Labute approximate surface area is 90.4 Å². The molecule has 0 spiro atoms. The van der Waals surface area contributed by atoms with Crippen molar-refractivity contribution in [3.05, 3.63) is 0 Å². The summed E-state index contributed by atoms with van der Waals surface area (Å²) in [5, 5.41) is 11.7. The molecule has 0 radical (unpaired) electrons. The molecule has 0 saturated carbocycles. The van der Waals surface area contributed by atoms with Crippen LogP contribution in [0.4, 0.5) is 4.79 Å². The fraction of sp³-hybridized carbons (Fsp3) is 0.900. The van der Waals surface area contributed by atoms with Crippen LogP contribution in [-0.4, -0.2) is 54.0 Å². The molecule has 0 aromatic carbocycles. The quantitative estimate of drug-likeness (QED) is 0.707. The van der Waals surface area contributed by atoms with Crippen LogP contribution in [0.3, 0.4) is 0 Å². The lowest BCUT2D eigenvalue weighted by atomic mass is 10.2. The van der Waals surface area contributed by atoms with Gasteiger partial charge < -0.3 is 15.2 Å². The SMILES string of the molecule is CC(C)(C)OC(=O)NCCN1CC(O)C1. The molecule has 0 atom stereocenters. The Hall–Kier alpha value is -0.810. The van der Waals surface area contributed by atoms with Crippen molar-refractivity contribution in [2.24, 2.45) is 0 Å². The molecule has 0 aromatic rings. The predicted molar refractivity (Wildman–Crippen MR) is 56.7 cm³/mol. The van der Waals surface area contributed by atoms with E-state index in [1.54, 1.807) is 0 Å². The molecule has 2 N–H and O–H groups in total. The molecule has 0 unspecified atom stereocenters. The van der Waals surface area contributed by atoms with Crippen molar-refractivity contribution in [3.63, 3.8) is 0 Å². The summed E-state index contributed by atoms with van der Waals surface area (Å²) < 4.78 is 5.07. The van der Waals surface area contributed by atoms with E-state index < -0.39 is 5.60 Å². The first-order valence-electron chi connectivity index (χ1n) is 5.24. The molecule has 1 aliphatic rings. The van der Waals surface area contributed by atoms with E-state index in [4.69, 9.17) is 9.84 Å². The van der Waals surface area contributed by atoms with E-state index >= 15 is 0 Å². The van der Waals surface area contributed by atoms with Gasteiger partial charge >= 0.3 is 6.09 Å². The van der Waals surface area contributed by atoms with Crippen LogP contribution in [0.2, 0.25) is 0 Å². The van der Waals surface area contributed by atoms with Crippen LogP contribution in [0.1, 0.15) is 20.8 Å². The van der Waals surface area contributed by atoms with Gasteiger partial charge in [-0.15, -0.1) is 0 Å². The summed E-state index contributed by atoms with van der Waals surface area (Å²) >= 11 is 0. The number of amides is 1. The topological polar surface area (TPSA) is 61.8 Å². The Morgan fingerprint density at radius 2 is 2.13 bits per heavy atom. The molecule has 1 fully saturated rings. The van der Waals surface area contributed by atoms with Crippen molar-refractivity contribution < 1.29 is 14.6 Å². The molecule has 1 amide bonds. The summed E-state index contributed by atoms with van der Waals surface area (Å²) in [6.45, 7) is 8.22. The monoisotopic (exact) mass is 216 g/mol. The molecule has 15 heavy (non-hydrogen) atoms. The number of carbonyl (C=O) groups is 1. The standard InChI is InChI=1S/C10H20N2O3/c1-10(2,3)15-9(14)11-4-5-12-6-8(13)7-12/h8,13H,4-7H2,1-3H3,(H,11,14). The van der Waals surface area contributed by atoms with Gasteiger partial charge in [-0.25, -0.2) is 4.79 Å². The first-order chi connectivity index (χ1) is 6.87. The Kier molecular flexibility index (Phi) is 3.93. The lowest BCUT2D eigenvalue weighted by Gasteiger charge is -2.35. The smallest absolute Gasteiger partial charge is 0.407 e. The summed E-state index contributed by atoms with van der Waals surface area (Å²) in [7, 11) is 0. The number of aliphatic hydroxyl groups excluding tert-OH is 1. The average molecular weight is 216 g/mol. The zero-order chi connectivity index (χ0) is 11.5. The molecule has 1 aliphatic heterocycles. The van der Waals surface area contributed by atoms with E-state index in [0.29, 0.717) is 19.6 Å². The summed E-state index contributed by atoms with van der Waals surface area (Å²) in [4.78, 5) is 13.3. The number of alkyl carbamates (subject to hydrolysis) is 1. The van der Waals surface area contributed by atoms with Crippen molar-refractivity contribution in [1.82, 2.24) is 10.2 Å². The number of likely N-dealkylation sites (tertiary alicyclic amines) is 1. The van der Waals surface area contributed by atoms with Gasteiger partial charge in [0.15, 0.2) is 0 Å². The maximum absolute atomic E-state index is 11.2. The van der Waals surface area contributed by atoms with Crippen LogP contribution in [-0.2, 0) is 4.74 Å². The molecule has 1 rings (SSSR count). The number of aliphatic hydroxyl groups is 1. The lowest BCUT2D eigenvalue weighted by molar-refractivity contribution is 0.00234.